The van der Waals surface area contributed by atoms with Crippen LogP contribution < -0.4 is 5.32 Å². The van der Waals surface area contributed by atoms with Crippen LogP contribution in [0.25, 0.3) is 10.8 Å². The van der Waals surface area contributed by atoms with E-state index >= 15 is 0 Å². The van der Waals surface area contributed by atoms with Gasteiger partial charge in [0, 0.05) is 44.8 Å². The summed E-state index contributed by atoms with van der Waals surface area (Å²) in [6.07, 6.45) is -0.253. The van der Waals surface area contributed by atoms with Crippen molar-refractivity contribution in [2.75, 3.05) is 39.3 Å². The van der Waals surface area contributed by atoms with Crippen molar-refractivity contribution in [2.24, 2.45) is 0 Å². The molecule has 2 amide bonds. The summed E-state index contributed by atoms with van der Waals surface area (Å²) in [5, 5.41) is 5.18. The highest BCUT2D eigenvalue weighted by molar-refractivity contribution is 5.98. The molecule has 0 aliphatic carbocycles. The third-order valence-corrected chi connectivity index (χ3v) is 4.75. The summed E-state index contributed by atoms with van der Waals surface area (Å²) in [6.45, 7) is 9.83. The Kier molecular flexibility index (Phi) is 6.19. The molecule has 0 atom stereocenters. The highest BCUT2D eigenvalue weighted by Gasteiger charge is 2.25. The van der Waals surface area contributed by atoms with Crippen LogP contribution in [0.5, 0.6) is 0 Å². The predicted octanol–water partition coefficient (Wildman–Crippen LogP) is 3.12. The molecule has 0 radical (unpaired) electrons. The van der Waals surface area contributed by atoms with Crippen LogP contribution in [0.1, 0.15) is 31.1 Å². The topological polar surface area (TPSA) is 61.9 Å². The zero-order chi connectivity index (χ0) is 20.1. The summed E-state index contributed by atoms with van der Waals surface area (Å²) >= 11 is 0. The lowest BCUT2D eigenvalue weighted by Crippen LogP contribution is -2.51. The molecule has 0 aromatic heterocycles. The Balaban J connectivity index is 1.42. The average Bonchev–Trinajstić information content (AvgIpc) is 2.66. The van der Waals surface area contributed by atoms with Crippen molar-refractivity contribution in [3.63, 3.8) is 0 Å². The molecule has 2 aromatic carbocycles. The van der Waals surface area contributed by atoms with Crippen molar-refractivity contribution in [1.29, 1.82) is 0 Å². The largest absolute Gasteiger partial charge is 0.444 e. The fraction of sp³-hybridized carbons (Fsp3) is 0.455. The van der Waals surface area contributed by atoms with Gasteiger partial charge in [-0.3, -0.25) is 9.69 Å². The maximum atomic E-state index is 12.4. The summed E-state index contributed by atoms with van der Waals surface area (Å²) in [5.74, 6) is -0.0573. The first-order valence-electron chi connectivity index (χ1n) is 9.79. The quantitative estimate of drug-likeness (QED) is 0.881. The third kappa shape index (κ3) is 5.45. The van der Waals surface area contributed by atoms with Crippen molar-refractivity contribution < 1.29 is 14.3 Å². The lowest BCUT2D eigenvalue weighted by atomic mass is 10.1. The minimum Gasteiger partial charge on any atom is -0.444 e. The van der Waals surface area contributed by atoms with Crippen molar-refractivity contribution in [1.82, 2.24) is 15.1 Å². The van der Waals surface area contributed by atoms with Crippen LogP contribution >= 0.6 is 0 Å². The van der Waals surface area contributed by atoms with E-state index in [0.29, 0.717) is 25.2 Å². The molecule has 1 fully saturated rings. The standard InChI is InChI=1S/C22H29N3O3/c1-22(2,3)28-21(27)25-14-12-24(13-15-25)11-10-23-20(26)19-9-8-17-6-4-5-7-18(17)16-19/h4-9,16H,10-15H2,1-3H3,(H,23,26). The second-order valence-electron chi connectivity index (χ2n) is 8.13. The molecule has 3 rings (SSSR count). The van der Waals surface area contributed by atoms with Gasteiger partial charge in [0.15, 0.2) is 0 Å². The molecule has 1 saturated heterocycles. The number of hydrogen-bond donors (Lipinski definition) is 1. The molecule has 0 saturated carbocycles. The first kappa shape index (κ1) is 20.1. The average molecular weight is 383 g/mol. The third-order valence-electron chi connectivity index (χ3n) is 4.75. The number of nitrogens with one attached hydrogen (secondary N) is 1. The van der Waals surface area contributed by atoms with Gasteiger partial charge in [0.25, 0.3) is 5.91 Å². The zero-order valence-electron chi connectivity index (χ0n) is 16.9. The van der Waals surface area contributed by atoms with Crippen LogP contribution in [0.2, 0.25) is 0 Å². The van der Waals surface area contributed by atoms with Crippen LogP contribution in [-0.2, 0) is 4.74 Å². The summed E-state index contributed by atoms with van der Waals surface area (Å²) in [5.41, 5.74) is 0.204. The number of benzene rings is 2. The number of fused-ring (bicyclic) bond motifs is 1. The Bertz CT molecular complexity index is 836. The van der Waals surface area contributed by atoms with Gasteiger partial charge in [0.2, 0.25) is 0 Å². The van der Waals surface area contributed by atoms with E-state index in [1.165, 1.54) is 0 Å². The van der Waals surface area contributed by atoms with E-state index in [2.05, 4.69) is 10.2 Å². The molecule has 28 heavy (non-hydrogen) atoms. The van der Waals surface area contributed by atoms with Gasteiger partial charge in [0.05, 0.1) is 0 Å². The van der Waals surface area contributed by atoms with Crippen molar-refractivity contribution in [3.05, 3.63) is 48.0 Å². The second kappa shape index (κ2) is 8.61. The van der Waals surface area contributed by atoms with E-state index in [1.54, 1.807) is 4.90 Å². The summed E-state index contributed by atoms with van der Waals surface area (Å²) in [4.78, 5) is 28.5. The molecular weight excluding hydrogens is 354 g/mol. The normalized spacial score (nSPS) is 15.5. The molecule has 0 unspecified atom stereocenters. The highest BCUT2D eigenvalue weighted by Crippen LogP contribution is 2.15. The first-order chi connectivity index (χ1) is 13.3. The number of rotatable bonds is 4. The SMILES string of the molecule is CC(C)(C)OC(=O)N1CCN(CCNC(=O)c2ccc3ccccc3c2)CC1. The maximum absolute atomic E-state index is 12.4. The Hall–Kier alpha value is -2.60. The van der Waals surface area contributed by atoms with Gasteiger partial charge in [0.1, 0.15) is 5.60 Å². The van der Waals surface area contributed by atoms with Crippen molar-refractivity contribution in [3.8, 4) is 0 Å². The van der Waals surface area contributed by atoms with E-state index < -0.39 is 5.60 Å². The Morgan fingerprint density at radius 3 is 2.36 bits per heavy atom. The Morgan fingerprint density at radius 2 is 1.68 bits per heavy atom. The molecule has 0 bridgehead atoms. The second-order valence-corrected chi connectivity index (χ2v) is 8.13. The summed E-state index contributed by atoms with van der Waals surface area (Å²) in [6, 6.07) is 13.8. The lowest BCUT2D eigenvalue weighted by Gasteiger charge is -2.35. The monoisotopic (exact) mass is 383 g/mol. The Morgan fingerprint density at radius 1 is 1.00 bits per heavy atom. The number of nitrogens with zero attached hydrogens (tertiary/aromatic N) is 2. The molecule has 1 heterocycles. The van der Waals surface area contributed by atoms with Gasteiger partial charge in [-0.1, -0.05) is 30.3 Å². The minimum atomic E-state index is -0.471. The summed E-state index contributed by atoms with van der Waals surface area (Å²) < 4.78 is 5.42. The molecule has 1 aliphatic rings. The van der Waals surface area contributed by atoms with Crippen LogP contribution in [0, 0.1) is 0 Å². The molecule has 150 valence electrons. The van der Waals surface area contributed by atoms with E-state index in [1.807, 2.05) is 63.2 Å². The van der Waals surface area contributed by atoms with E-state index in [4.69, 9.17) is 4.74 Å². The molecule has 1 N–H and O–H groups in total. The minimum absolute atomic E-state index is 0.0573. The van der Waals surface area contributed by atoms with Crippen molar-refractivity contribution >= 4 is 22.8 Å². The smallest absolute Gasteiger partial charge is 0.410 e. The molecular formula is C22H29N3O3. The fourth-order valence-electron chi connectivity index (χ4n) is 3.24. The van der Waals surface area contributed by atoms with Gasteiger partial charge < -0.3 is 15.0 Å². The van der Waals surface area contributed by atoms with Gasteiger partial charge in [-0.2, -0.15) is 0 Å². The molecule has 2 aromatic rings. The van der Waals surface area contributed by atoms with Crippen LogP contribution in [-0.4, -0.2) is 66.7 Å². The van der Waals surface area contributed by atoms with Crippen molar-refractivity contribution in [2.45, 2.75) is 26.4 Å². The molecule has 6 heteroatoms. The lowest BCUT2D eigenvalue weighted by molar-refractivity contribution is 0.0147. The van der Waals surface area contributed by atoms with Gasteiger partial charge in [-0.05, 0) is 43.7 Å². The van der Waals surface area contributed by atoms with Crippen LogP contribution in [0.4, 0.5) is 4.79 Å². The fourth-order valence-corrected chi connectivity index (χ4v) is 3.24. The van der Waals surface area contributed by atoms with E-state index in [0.717, 1.165) is 30.4 Å². The number of carbonyl (C=O) groups is 2. The predicted molar refractivity (Wildman–Crippen MR) is 111 cm³/mol. The summed E-state index contributed by atoms with van der Waals surface area (Å²) in [7, 11) is 0. The number of carbonyl (C=O) groups excluding carboxylic acids is 2. The van der Waals surface area contributed by atoms with Gasteiger partial charge in [-0.25, -0.2) is 4.79 Å². The number of hydrogen-bond acceptors (Lipinski definition) is 4. The van der Waals surface area contributed by atoms with E-state index in [9.17, 15) is 9.59 Å². The zero-order valence-corrected chi connectivity index (χ0v) is 16.9. The molecule has 0 spiro atoms. The molecule has 6 nitrogen and oxygen atoms in total. The number of piperazine rings is 1. The highest BCUT2D eigenvalue weighted by atomic mass is 16.6. The van der Waals surface area contributed by atoms with Gasteiger partial charge >= 0.3 is 6.09 Å². The van der Waals surface area contributed by atoms with E-state index in [-0.39, 0.29) is 12.0 Å². The number of amides is 2. The molecule has 1 aliphatic heterocycles. The number of ether oxygens (including phenoxy) is 1. The van der Waals surface area contributed by atoms with Crippen LogP contribution in [0.15, 0.2) is 42.5 Å². The van der Waals surface area contributed by atoms with Crippen LogP contribution in [0.3, 0.4) is 0 Å². The van der Waals surface area contributed by atoms with Gasteiger partial charge in [-0.15, -0.1) is 0 Å². The Labute approximate surface area is 166 Å². The maximum Gasteiger partial charge on any atom is 0.410 e. The first-order valence-corrected chi connectivity index (χ1v) is 9.79.